The number of rotatable bonds is 4. The summed E-state index contributed by atoms with van der Waals surface area (Å²) in [5, 5.41) is 1.92. The van der Waals surface area contributed by atoms with Crippen molar-refractivity contribution in [2.24, 2.45) is 12.5 Å². The lowest BCUT2D eigenvalue weighted by Crippen LogP contribution is -2.67. The Hall–Kier alpha value is -2.25. The molecule has 0 unspecified atom stereocenters. The van der Waals surface area contributed by atoms with Crippen molar-refractivity contribution >= 4 is 28.6 Å². The van der Waals surface area contributed by atoms with Crippen LogP contribution in [0.15, 0.2) is 46.2 Å². The molecule has 1 amide bonds. The van der Waals surface area contributed by atoms with Gasteiger partial charge in [-0.3, -0.25) is 4.79 Å². The molecular formula is C19H19N3O3S. The van der Waals surface area contributed by atoms with Crippen molar-refractivity contribution in [2.75, 3.05) is 26.3 Å². The molecule has 0 saturated carbocycles. The third-order valence-electron chi connectivity index (χ3n) is 5.17. The largest absolute Gasteiger partial charge is 0.451 e. The van der Waals surface area contributed by atoms with Crippen LogP contribution < -0.4 is 0 Å². The quantitative estimate of drug-likeness (QED) is 0.662. The Labute approximate surface area is 155 Å². The predicted molar refractivity (Wildman–Crippen MR) is 98.1 cm³/mol. The van der Waals surface area contributed by atoms with Crippen molar-refractivity contribution in [3.63, 3.8) is 0 Å². The van der Waals surface area contributed by atoms with Crippen LogP contribution in [0.5, 0.6) is 0 Å². The first-order valence-electron chi connectivity index (χ1n) is 8.63. The molecule has 5 rings (SSSR count). The standard InChI is InChI=1S/C19H19N3O3S/c1-21-7-6-20-18(21)26-8-14-13-4-2-3-5-15(13)25-16(14)17(23)22-9-19(10-22)11-24-12-19/h2-7H,8-12H2,1H3. The Kier molecular flexibility index (Phi) is 3.62. The topological polar surface area (TPSA) is 60.5 Å². The van der Waals surface area contributed by atoms with Gasteiger partial charge in [-0.25, -0.2) is 4.98 Å². The van der Waals surface area contributed by atoms with Gasteiger partial charge in [0, 0.05) is 49.2 Å². The van der Waals surface area contributed by atoms with E-state index < -0.39 is 0 Å². The number of para-hydroxylation sites is 1. The van der Waals surface area contributed by atoms with Crippen molar-refractivity contribution in [2.45, 2.75) is 10.9 Å². The molecule has 0 aliphatic carbocycles. The van der Waals surface area contributed by atoms with Crippen LogP contribution in [0.3, 0.4) is 0 Å². The Morgan fingerprint density at radius 2 is 2.12 bits per heavy atom. The zero-order valence-corrected chi connectivity index (χ0v) is 15.3. The maximum Gasteiger partial charge on any atom is 0.289 e. The highest BCUT2D eigenvalue weighted by Crippen LogP contribution is 2.40. The lowest BCUT2D eigenvalue weighted by atomic mass is 9.78. The lowest BCUT2D eigenvalue weighted by Gasteiger charge is -2.54. The highest BCUT2D eigenvalue weighted by atomic mass is 32.2. The van der Waals surface area contributed by atoms with E-state index in [0.29, 0.717) is 11.5 Å². The van der Waals surface area contributed by atoms with Gasteiger partial charge in [-0.15, -0.1) is 0 Å². The van der Waals surface area contributed by atoms with Gasteiger partial charge in [0.15, 0.2) is 10.9 Å². The Bertz CT molecular complexity index is 981. The van der Waals surface area contributed by atoms with Gasteiger partial charge in [0.1, 0.15) is 5.58 Å². The fraction of sp³-hybridized carbons (Fsp3) is 0.368. The number of thioether (sulfide) groups is 1. The predicted octanol–water partition coefficient (Wildman–Crippen LogP) is 2.93. The van der Waals surface area contributed by atoms with Gasteiger partial charge < -0.3 is 18.6 Å². The smallest absolute Gasteiger partial charge is 0.289 e. The second-order valence-electron chi connectivity index (χ2n) is 7.17. The molecule has 2 aliphatic heterocycles. The number of benzene rings is 1. The van der Waals surface area contributed by atoms with Gasteiger partial charge in [0.05, 0.1) is 18.6 Å². The molecule has 2 aliphatic rings. The van der Waals surface area contributed by atoms with Crippen molar-refractivity contribution in [1.82, 2.24) is 14.5 Å². The summed E-state index contributed by atoms with van der Waals surface area (Å²) in [7, 11) is 1.97. The van der Waals surface area contributed by atoms with Crippen molar-refractivity contribution in [3.8, 4) is 0 Å². The summed E-state index contributed by atoms with van der Waals surface area (Å²) in [4.78, 5) is 19.3. The number of hydrogen-bond donors (Lipinski definition) is 0. The molecular weight excluding hydrogens is 350 g/mol. The molecule has 1 aromatic carbocycles. The third-order valence-corrected chi connectivity index (χ3v) is 6.26. The number of amides is 1. The van der Waals surface area contributed by atoms with Crippen LogP contribution in [-0.2, 0) is 17.5 Å². The number of nitrogens with zero attached hydrogens (tertiary/aromatic N) is 3. The van der Waals surface area contributed by atoms with Crippen LogP contribution in [0.1, 0.15) is 16.1 Å². The fourth-order valence-electron chi connectivity index (χ4n) is 3.67. The maximum atomic E-state index is 13.0. The number of aryl methyl sites for hydroxylation is 1. The summed E-state index contributed by atoms with van der Waals surface area (Å²) in [6.07, 6.45) is 3.70. The SMILES string of the molecule is Cn1ccnc1SCc1c(C(=O)N2CC3(COC3)C2)oc2ccccc12. The number of likely N-dealkylation sites (tertiary alicyclic amines) is 1. The van der Waals surface area contributed by atoms with Crippen molar-refractivity contribution in [3.05, 3.63) is 48.0 Å². The van der Waals surface area contributed by atoms with E-state index in [-0.39, 0.29) is 11.3 Å². The second-order valence-corrected chi connectivity index (χ2v) is 8.11. The molecule has 7 heteroatoms. The van der Waals surface area contributed by atoms with Gasteiger partial charge in [-0.05, 0) is 6.07 Å². The molecule has 26 heavy (non-hydrogen) atoms. The molecule has 2 saturated heterocycles. The highest BCUT2D eigenvalue weighted by Gasteiger charge is 2.51. The summed E-state index contributed by atoms with van der Waals surface area (Å²) < 4.78 is 13.3. The van der Waals surface area contributed by atoms with Crippen LogP contribution in [-0.4, -0.2) is 46.7 Å². The van der Waals surface area contributed by atoms with Crippen molar-refractivity contribution < 1.29 is 13.9 Å². The van der Waals surface area contributed by atoms with Crippen LogP contribution in [0.2, 0.25) is 0 Å². The zero-order chi connectivity index (χ0) is 17.7. The summed E-state index contributed by atoms with van der Waals surface area (Å²) in [6.45, 7) is 3.04. The van der Waals surface area contributed by atoms with E-state index in [0.717, 1.165) is 48.0 Å². The molecule has 1 spiro atoms. The minimum Gasteiger partial charge on any atom is -0.451 e. The Morgan fingerprint density at radius 1 is 1.31 bits per heavy atom. The second kappa shape index (κ2) is 5.89. The monoisotopic (exact) mass is 369 g/mol. The number of hydrogen-bond acceptors (Lipinski definition) is 5. The Morgan fingerprint density at radius 3 is 2.81 bits per heavy atom. The highest BCUT2D eigenvalue weighted by molar-refractivity contribution is 7.98. The van der Waals surface area contributed by atoms with Crippen molar-refractivity contribution in [1.29, 1.82) is 0 Å². The van der Waals surface area contributed by atoms with E-state index in [1.165, 1.54) is 0 Å². The van der Waals surface area contributed by atoms with E-state index in [2.05, 4.69) is 4.98 Å². The number of aromatic nitrogens is 2. The fourth-order valence-corrected chi connectivity index (χ4v) is 4.63. The van der Waals surface area contributed by atoms with Crippen LogP contribution in [0.25, 0.3) is 11.0 Å². The summed E-state index contributed by atoms with van der Waals surface area (Å²) in [6, 6.07) is 7.84. The van der Waals surface area contributed by atoms with E-state index >= 15 is 0 Å². The van der Waals surface area contributed by atoms with Gasteiger partial charge in [-0.1, -0.05) is 30.0 Å². The first-order chi connectivity index (χ1) is 12.7. The number of carbonyl (C=O) groups excluding carboxylic acids is 1. The molecule has 4 heterocycles. The van der Waals surface area contributed by atoms with Gasteiger partial charge in [-0.2, -0.15) is 0 Å². The van der Waals surface area contributed by atoms with Gasteiger partial charge >= 0.3 is 0 Å². The molecule has 2 aromatic heterocycles. The summed E-state index contributed by atoms with van der Waals surface area (Å²) >= 11 is 1.61. The number of furan rings is 1. The molecule has 3 aromatic rings. The normalized spacial score (nSPS) is 18.1. The van der Waals surface area contributed by atoms with Gasteiger partial charge in [0.25, 0.3) is 5.91 Å². The van der Waals surface area contributed by atoms with Crippen LogP contribution in [0.4, 0.5) is 0 Å². The van der Waals surface area contributed by atoms with E-state index in [4.69, 9.17) is 9.15 Å². The lowest BCUT2D eigenvalue weighted by molar-refractivity contribution is -0.176. The van der Waals surface area contributed by atoms with E-state index in [9.17, 15) is 4.79 Å². The number of carbonyl (C=O) groups is 1. The molecule has 0 atom stereocenters. The van der Waals surface area contributed by atoms with Gasteiger partial charge in [0.2, 0.25) is 0 Å². The summed E-state index contributed by atoms with van der Waals surface area (Å²) in [5.74, 6) is 1.09. The average molecular weight is 369 g/mol. The molecule has 6 nitrogen and oxygen atoms in total. The van der Waals surface area contributed by atoms with Crippen LogP contribution >= 0.6 is 11.8 Å². The molecule has 134 valence electrons. The molecule has 0 N–H and O–H groups in total. The average Bonchev–Trinajstić information content (AvgIpc) is 3.13. The van der Waals surface area contributed by atoms with Crippen LogP contribution in [0, 0.1) is 5.41 Å². The molecule has 2 fully saturated rings. The Balaban J connectivity index is 1.44. The minimum atomic E-state index is -0.0193. The number of fused-ring (bicyclic) bond motifs is 1. The first-order valence-corrected chi connectivity index (χ1v) is 9.61. The molecule has 0 bridgehead atoms. The third kappa shape index (κ3) is 2.46. The molecule has 0 radical (unpaired) electrons. The number of imidazole rings is 1. The minimum absolute atomic E-state index is 0.0193. The van der Waals surface area contributed by atoms with E-state index in [1.807, 2.05) is 47.0 Å². The first kappa shape index (κ1) is 16.0. The van der Waals surface area contributed by atoms with E-state index in [1.54, 1.807) is 18.0 Å². The zero-order valence-electron chi connectivity index (χ0n) is 14.5. The summed E-state index contributed by atoms with van der Waals surface area (Å²) in [5.41, 5.74) is 1.90. The number of ether oxygens (including phenoxy) is 1. The maximum absolute atomic E-state index is 13.0.